The zero-order chi connectivity index (χ0) is 13.9. The van der Waals surface area contributed by atoms with Crippen molar-refractivity contribution in [1.29, 1.82) is 0 Å². The van der Waals surface area contributed by atoms with E-state index in [9.17, 15) is 4.79 Å². The van der Waals surface area contributed by atoms with Crippen molar-refractivity contribution in [3.8, 4) is 0 Å². The fraction of sp³-hybridized carbons (Fsp3) is 0.467. The van der Waals surface area contributed by atoms with Gasteiger partial charge in [-0.05, 0) is 19.1 Å². The van der Waals surface area contributed by atoms with Crippen LogP contribution >= 0.6 is 0 Å². The molecule has 1 aromatic carbocycles. The van der Waals surface area contributed by atoms with Crippen molar-refractivity contribution < 1.29 is 9.53 Å². The lowest BCUT2D eigenvalue weighted by atomic mass is 9.99. The summed E-state index contributed by atoms with van der Waals surface area (Å²) in [6.07, 6.45) is 0.473. The summed E-state index contributed by atoms with van der Waals surface area (Å²) in [5, 5.41) is 0. The quantitative estimate of drug-likeness (QED) is 0.847. The first-order valence-electron chi connectivity index (χ1n) is 7.08. The van der Waals surface area contributed by atoms with Gasteiger partial charge in [0, 0.05) is 19.7 Å². The third kappa shape index (κ3) is 2.54. The van der Waals surface area contributed by atoms with Crippen LogP contribution in [0, 0.1) is 0 Å². The maximum Gasteiger partial charge on any atom is 0.224 e. The first kappa shape index (κ1) is 13.1. The summed E-state index contributed by atoms with van der Waals surface area (Å²) in [5.74, 6) is 1.49. The van der Waals surface area contributed by atoms with Crippen LogP contribution in [0.15, 0.2) is 24.3 Å². The molecular weight excluding hydrogens is 254 g/mol. The van der Waals surface area contributed by atoms with E-state index in [-0.39, 0.29) is 5.91 Å². The molecule has 2 heterocycles. The van der Waals surface area contributed by atoms with Gasteiger partial charge in [-0.2, -0.15) is 0 Å². The van der Waals surface area contributed by atoms with Gasteiger partial charge >= 0.3 is 0 Å². The van der Waals surface area contributed by atoms with Crippen LogP contribution in [0.25, 0.3) is 11.0 Å². The van der Waals surface area contributed by atoms with Gasteiger partial charge in [0.1, 0.15) is 5.82 Å². The van der Waals surface area contributed by atoms with E-state index in [1.165, 1.54) is 0 Å². The van der Waals surface area contributed by atoms with E-state index >= 15 is 0 Å². The highest BCUT2D eigenvalue weighted by Gasteiger charge is 2.33. The number of hydrogen-bond donors (Lipinski definition) is 1. The molecule has 0 unspecified atom stereocenters. The molecule has 1 saturated heterocycles. The minimum Gasteiger partial charge on any atom is -0.381 e. The maximum absolute atomic E-state index is 11.9. The molecule has 1 fully saturated rings. The number of rotatable bonds is 5. The lowest BCUT2D eigenvalue weighted by molar-refractivity contribution is -0.136. The van der Waals surface area contributed by atoms with Gasteiger partial charge in [0.25, 0.3) is 0 Å². The van der Waals surface area contributed by atoms with E-state index in [1.807, 2.05) is 36.1 Å². The summed E-state index contributed by atoms with van der Waals surface area (Å²) >= 11 is 0. The van der Waals surface area contributed by atoms with E-state index in [1.54, 1.807) is 0 Å². The number of hydrogen-bond acceptors (Lipinski definition) is 3. The Morgan fingerprint density at radius 2 is 2.25 bits per heavy atom. The summed E-state index contributed by atoms with van der Waals surface area (Å²) in [6.45, 7) is 4.62. The Kier molecular flexibility index (Phi) is 3.69. The Morgan fingerprint density at radius 1 is 1.45 bits per heavy atom. The fourth-order valence-corrected chi connectivity index (χ4v) is 2.48. The van der Waals surface area contributed by atoms with Gasteiger partial charge in [0.05, 0.1) is 30.0 Å². The molecule has 0 bridgehead atoms. The first-order chi connectivity index (χ1) is 9.78. The van der Waals surface area contributed by atoms with Crippen molar-refractivity contribution in [1.82, 2.24) is 14.9 Å². The predicted molar refractivity (Wildman–Crippen MR) is 76.5 cm³/mol. The second-order valence-electron chi connectivity index (χ2n) is 5.08. The van der Waals surface area contributed by atoms with Crippen molar-refractivity contribution >= 4 is 16.9 Å². The maximum atomic E-state index is 11.9. The molecule has 5 heteroatoms. The highest BCUT2D eigenvalue weighted by Crippen LogP contribution is 2.27. The summed E-state index contributed by atoms with van der Waals surface area (Å²) in [7, 11) is 0. The summed E-state index contributed by atoms with van der Waals surface area (Å²) in [6, 6.07) is 8.00. The van der Waals surface area contributed by atoms with Crippen molar-refractivity contribution in [3.63, 3.8) is 0 Å². The Bertz CT molecular complexity index is 569. The van der Waals surface area contributed by atoms with Crippen molar-refractivity contribution in [2.75, 3.05) is 26.3 Å². The molecule has 0 spiro atoms. The second kappa shape index (κ2) is 5.63. The monoisotopic (exact) mass is 273 g/mol. The molecule has 3 rings (SSSR count). The SMILES string of the molecule is CCOCCC(=O)N1CC(c2nc3ccccc3[nH]2)C1. The molecule has 0 atom stereocenters. The average Bonchev–Trinajstić information content (AvgIpc) is 2.80. The summed E-state index contributed by atoms with van der Waals surface area (Å²) in [4.78, 5) is 21.7. The second-order valence-corrected chi connectivity index (χ2v) is 5.08. The number of para-hydroxylation sites is 2. The number of aromatic amines is 1. The minimum atomic E-state index is 0.172. The molecule has 106 valence electrons. The predicted octanol–water partition coefficient (Wildman–Crippen LogP) is 1.92. The van der Waals surface area contributed by atoms with Crippen LogP contribution in [0.2, 0.25) is 0 Å². The molecule has 1 N–H and O–H groups in total. The molecule has 20 heavy (non-hydrogen) atoms. The van der Waals surface area contributed by atoms with E-state index in [4.69, 9.17) is 4.74 Å². The normalized spacial score (nSPS) is 15.6. The molecule has 1 amide bonds. The van der Waals surface area contributed by atoms with Crippen molar-refractivity contribution in [3.05, 3.63) is 30.1 Å². The number of fused-ring (bicyclic) bond motifs is 1. The molecule has 0 radical (unpaired) electrons. The highest BCUT2D eigenvalue weighted by atomic mass is 16.5. The highest BCUT2D eigenvalue weighted by molar-refractivity contribution is 5.78. The fourth-order valence-electron chi connectivity index (χ4n) is 2.48. The zero-order valence-corrected chi connectivity index (χ0v) is 11.6. The van der Waals surface area contributed by atoms with Crippen LogP contribution in [0.5, 0.6) is 0 Å². The molecule has 1 aliphatic rings. The number of nitrogens with zero attached hydrogens (tertiary/aromatic N) is 2. The van der Waals surface area contributed by atoms with Crippen LogP contribution < -0.4 is 0 Å². The van der Waals surface area contributed by atoms with E-state index in [2.05, 4.69) is 9.97 Å². The average molecular weight is 273 g/mol. The van der Waals surface area contributed by atoms with E-state index < -0.39 is 0 Å². The number of amides is 1. The number of benzene rings is 1. The lowest BCUT2D eigenvalue weighted by Crippen LogP contribution is -2.49. The standard InChI is InChI=1S/C15H19N3O2/c1-2-20-8-7-14(19)18-9-11(10-18)15-16-12-5-3-4-6-13(12)17-15/h3-6,11H,2,7-10H2,1H3,(H,16,17). The minimum absolute atomic E-state index is 0.172. The number of imidazole rings is 1. The molecule has 0 aliphatic carbocycles. The van der Waals surface area contributed by atoms with Gasteiger partial charge in [0.15, 0.2) is 0 Å². The number of nitrogens with one attached hydrogen (secondary N) is 1. The van der Waals surface area contributed by atoms with Gasteiger partial charge in [0.2, 0.25) is 5.91 Å². The Morgan fingerprint density at radius 3 is 3.00 bits per heavy atom. The van der Waals surface area contributed by atoms with Gasteiger partial charge in [-0.25, -0.2) is 4.98 Å². The molecule has 5 nitrogen and oxygen atoms in total. The van der Waals surface area contributed by atoms with E-state index in [0.29, 0.717) is 25.6 Å². The molecule has 1 aliphatic heterocycles. The van der Waals surface area contributed by atoms with Gasteiger partial charge in [-0.15, -0.1) is 0 Å². The zero-order valence-electron chi connectivity index (χ0n) is 11.6. The number of carbonyl (C=O) groups excluding carboxylic acids is 1. The lowest BCUT2D eigenvalue weighted by Gasteiger charge is -2.38. The third-order valence-electron chi connectivity index (χ3n) is 3.69. The van der Waals surface area contributed by atoms with Crippen LogP contribution in [0.3, 0.4) is 0 Å². The number of H-pyrrole nitrogens is 1. The van der Waals surface area contributed by atoms with Gasteiger partial charge in [-0.1, -0.05) is 12.1 Å². The molecular formula is C15H19N3O2. The number of likely N-dealkylation sites (tertiary alicyclic amines) is 1. The van der Waals surface area contributed by atoms with Crippen molar-refractivity contribution in [2.45, 2.75) is 19.3 Å². The molecule has 0 saturated carbocycles. The number of aromatic nitrogens is 2. The smallest absolute Gasteiger partial charge is 0.224 e. The Hall–Kier alpha value is -1.88. The van der Waals surface area contributed by atoms with Gasteiger partial charge in [-0.3, -0.25) is 4.79 Å². The van der Waals surface area contributed by atoms with E-state index in [0.717, 1.165) is 29.9 Å². The Balaban J connectivity index is 1.56. The molecule has 2 aromatic rings. The number of ether oxygens (including phenoxy) is 1. The van der Waals surface area contributed by atoms with Crippen LogP contribution in [0.4, 0.5) is 0 Å². The number of carbonyl (C=O) groups is 1. The largest absolute Gasteiger partial charge is 0.381 e. The Labute approximate surface area is 117 Å². The van der Waals surface area contributed by atoms with Gasteiger partial charge < -0.3 is 14.6 Å². The van der Waals surface area contributed by atoms with Crippen LogP contribution in [0.1, 0.15) is 25.1 Å². The summed E-state index contributed by atoms with van der Waals surface area (Å²) in [5.41, 5.74) is 2.05. The van der Waals surface area contributed by atoms with Crippen molar-refractivity contribution in [2.24, 2.45) is 0 Å². The topological polar surface area (TPSA) is 58.2 Å². The third-order valence-corrected chi connectivity index (χ3v) is 3.69. The van der Waals surface area contributed by atoms with Crippen LogP contribution in [-0.4, -0.2) is 47.1 Å². The molecule has 1 aromatic heterocycles. The van der Waals surface area contributed by atoms with Crippen LogP contribution in [-0.2, 0) is 9.53 Å². The summed E-state index contributed by atoms with van der Waals surface area (Å²) < 4.78 is 5.21. The first-order valence-corrected chi connectivity index (χ1v) is 7.08.